The van der Waals surface area contributed by atoms with Crippen molar-refractivity contribution < 1.29 is 99.2 Å². The van der Waals surface area contributed by atoms with Gasteiger partial charge in [-0.15, -0.1) is 0 Å². The third-order valence-corrected chi connectivity index (χ3v) is 9.40. The third kappa shape index (κ3) is 7.27. The summed E-state index contributed by atoms with van der Waals surface area (Å²) in [5.74, 6) is -3.70. The molecule has 0 aliphatic carbocycles. The fourth-order valence-corrected chi connectivity index (χ4v) is 6.28. The zero-order valence-electron chi connectivity index (χ0n) is 28.0. The molecule has 21 nitrogen and oxygen atoms in total. The Morgan fingerprint density at radius 2 is 1.24 bits per heavy atom. The van der Waals surface area contributed by atoms with Crippen molar-refractivity contribution in [3.05, 3.63) is 40.6 Å². The summed E-state index contributed by atoms with van der Waals surface area (Å²) in [6.07, 6.45) is -25.8. The Kier molecular flexibility index (Phi) is 11.5. The van der Waals surface area contributed by atoms with E-state index in [2.05, 4.69) is 0 Å². The minimum Gasteiger partial charge on any atom is -0.507 e. The Morgan fingerprint density at radius 3 is 1.89 bits per heavy atom. The molecule has 13 N–H and O–H groups in total. The molecule has 0 unspecified atom stereocenters. The maximum Gasteiger partial charge on any atom is 0.239 e. The molecule has 3 saturated heterocycles. The molecule has 3 fully saturated rings. The van der Waals surface area contributed by atoms with Gasteiger partial charge in [-0.2, -0.15) is 0 Å². The molecule has 21 heteroatoms. The first-order valence-electron chi connectivity index (χ1n) is 16.5. The van der Waals surface area contributed by atoms with Crippen LogP contribution < -0.4 is 14.9 Å². The maximum absolute atomic E-state index is 14.2. The van der Waals surface area contributed by atoms with Crippen LogP contribution in [0.3, 0.4) is 0 Å². The van der Waals surface area contributed by atoms with Gasteiger partial charge in [-0.05, 0) is 25.1 Å². The SMILES string of the molecule is C[C@@H]1O[C@@H](O[C@H]2[C@H](Oc3c(-c4ccc(O)c(O)c4)oc4cc(O[C@@H]5O[C@@H](CO)[C@@H](O)[C@H](O)[C@@H]5O)cc(O)c4c3=O)O[C@H](CO)[C@H](O)[C@H]2O)[C@@H](O)[C@H](O)[C@H]1O. The summed E-state index contributed by atoms with van der Waals surface area (Å²) in [6.45, 7) is -0.308. The summed E-state index contributed by atoms with van der Waals surface area (Å²) >= 11 is 0. The van der Waals surface area contributed by atoms with E-state index in [0.29, 0.717) is 0 Å². The topological polar surface area (TPSA) is 349 Å². The van der Waals surface area contributed by atoms with Gasteiger partial charge in [0.15, 0.2) is 29.7 Å². The van der Waals surface area contributed by atoms with E-state index in [0.717, 1.165) is 24.3 Å². The van der Waals surface area contributed by atoms with E-state index < -0.39 is 150 Å². The van der Waals surface area contributed by atoms with Gasteiger partial charge in [-0.1, -0.05) is 0 Å². The van der Waals surface area contributed by atoms with Crippen LogP contribution in [0.4, 0.5) is 0 Å². The average Bonchev–Trinajstić information content (AvgIpc) is 3.14. The lowest BCUT2D eigenvalue weighted by atomic mass is 9.97. The number of benzene rings is 2. The lowest BCUT2D eigenvalue weighted by Gasteiger charge is -2.45. The van der Waals surface area contributed by atoms with Gasteiger partial charge in [0.2, 0.25) is 23.8 Å². The highest BCUT2D eigenvalue weighted by Gasteiger charge is 2.51. The molecule has 3 aliphatic heterocycles. The minimum absolute atomic E-state index is 0.136. The number of hydrogen-bond acceptors (Lipinski definition) is 21. The number of aromatic hydroxyl groups is 3. The fraction of sp³-hybridized carbons (Fsp3) is 0.545. The second-order valence-electron chi connectivity index (χ2n) is 13.0. The molecule has 1 aromatic heterocycles. The first kappa shape index (κ1) is 39.8. The number of aliphatic hydroxyl groups excluding tert-OH is 10. The molecule has 0 radical (unpaired) electrons. The largest absolute Gasteiger partial charge is 0.507 e. The van der Waals surface area contributed by atoms with Crippen molar-refractivity contribution in [2.24, 2.45) is 0 Å². The van der Waals surface area contributed by atoms with Crippen molar-refractivity contribution >= 4 is 11.0 Å². The highest BCUT2D eigenvalue weighted by Crippen LogP contribution is 2.41. The summed E-state index contributed by atoms with van der Waals surface area (Å²) in [5.41, 5.74) is -1.69. The molecular formula is C33H40O21. The third-order valence-electron chi connectivity index (χ3n) is 9.40. The lowest BCUT2D eigenvalue weighted by molar-refractivity contribution is -0.354. The van der Waals surface area contributed by atoms with Crippen LogP contribution in [-0.4, -0.2) is 172 Å². The van der Waals surface area contributed by atoms with E-state index in [1.165, 1.54) is 13.0 Å². The number of phenols is 3. The summed E-state index contributed by atoms with van der Waals surface area (Å²) < 4.78 is 39.7. The van der Waals surface area contributed by atoms with Gasteiger partial charge in [0, 0.05) is 17.7 Å². The predicted octanol–water partition coefficient (Wildman–Crippen LogP) is -4.21. The summed E-state index contributed by atoms with van der Waals surface area (Å²) in [5, 5.41) is 134. The zero-order chi connectivity index (χ0) is 39.3. The molecule has 15 atom stereocenters. The van der Waals surface area contributed by atoms with Gasteiger partial charge in [0.25, 0.3) is 0 Å². The molecule has 0 saturated carbocycles. The van der Waals surface area contributed by atoms with Crippen LogP contribution in [-0.2, 0) is 18.9 Å². The lowest BCUT2D eigenvalue weighted by Crippen LogP contribution is -2.64. The van der Waals surface area contributed by atoms with Crippen molar-refractivity contribution in [2.75, 3.05) is 13.2 Å². The van der Waals surface area contributed by atoms with Crippen LogP contribution in [0, 0.1) is 0 Å². The van der Waals surface area contributed by atoms with Crippen molar-refractivity contribution in [3.63, 3.8) is 0 Å². The number of rotatable bonds is 9. The first-order chi connectivity index (χ1) is 25.6. The Bertz CT molecular complexity index is 1850. The monoisotopic (exact) mass is 772 g/mol. The number of aliphatic hydroxyl groups is 10. The van der Waals surface area contributed by atoms with Crippen molar-refractivity contribution in [2.45, 2.75) is 99.0 Å². The molecule has 298 valence electrons. The van der Waals surface area contributed by atoms with Crippen LogP contribution >= 0.6 is 0 Å². The van der Waals surface area contributed by atoms with Gasteiger partial charge < -0.3 is 99.2 Å². The second-order valence-corrected chi connectivity index (χ2v) is 13.0. The van der Waals surface area contributed by atoms with Gasteiger partial charge >= 0.3 is 0 Å². The van der Waals surface area contributed by atoms with Crippen LogP contribution in [0.1, 0.15) is 6.92 Å². The average molecular weight is 773 g/mol. The van der Waals surface area contributed by atoms with Crippen LogP contribution in [0.15, 0.2) is 39.5 Å². The molecule has 0 spiro atoms. The van der Waals surface area contributed by atoms with E-state index in [4.69, 9.17) is 32.8 Å². The molecule has 54 heavy (non-hydrogen) atoms. The molecule has 2 aromatic carbocycles. The molecule has 4 heterocycles. The predicted molar refractivity (Wildman–Crippen MR) is 173 cm³/mol. The zero-order valence-corrected chi connectivity index (χ0v) is 28.0. The maximum atomic E-state index is 14.2. The highest BCUT2D eigenvalue weighted by molar-refractivity contribution is 5.88. The Balaban J connectivity index is 1.43. The van der Waals surface area contributed by atoms with E-state index >= 15 is 0 Å². The molecule has 3 aliphatic rings. The smallest absolute Gasteiger partial charge is 0.239 e. The van der Waals surface area contributed by atoms with E-state index in [-0.39, 0.29) is 11.3 Å². The highest BCUT2D eigenvalue weighted by atomic mass is 16.8. The molecular weight excluding hydrogens is 732 g/mol. The van der Waals surface area contributed by atoms with E-state index in [9.17, 15) is 71.2 Å². The number of ether oxygens (including phenoxy) is 6. The normalized spacial score (nSPS) is 37.3. The molecule has 0 amide bonds. The van der Waals surface area contributed by atoms with Gasteiger partial charge in [-0.25, -0.2) is 0 Å². The van der Waals surface area contributed by atoms with Crippen LogP contribution in [0.2, 0.25) is 0 Å². The van der Waals surface area contributed by atoms with Crippen molar-refractivity contribution in [1.29, 1.82) is 0 Å². The number of hydrogen-bond donors (Lipinski definition) is 13. The van der Waals surface area contributed by atoms with Crippen molar-refractivity contribution in [1.82, 2.24) is 0 Å². The Labute approximate surface area is 303 Å². The number of fused-ring (bicyclic) bond motifs is 1. The molecule has 6 rings (SSSR count). The van der Waals surface area contributed by atoms with E-state index in [1.54, 1.807) is 0 Å². The summed E-state index contributed by atoms with van der Waals surface area (Å²) in [4.78, 5) is 14.2. The molecule has 0 bridgehead atoms. The Hall–Kier alpha value is -3.91. The van der Waals surface area contributed by atoms with E-state index in [1.807, 2.05) is 0 Å². The van der Waals surface area contributed by atoms with Crippen LogP contribution in [0.5, 0.6) is 28.7 Å². The Morgan fingerprint density at radius 1 is 0.630 bits per heavy atom. The minimum atomic E-state index is -1.99. The summed E-state index contributed by atoms with van der Waals surface area (Å²) in [7, 11) is 0. The number of phenolic OH excluding ortho intramolecular Hbond substituents is 3. The summed E-state index contributed by atoms with van der Waals surface area (Å²) in [6, 6.07) is 5.13. The quantitative estimate of drug-likeness (QED) is 0.0917. The van der Waals surface area contributed by atoms with Crippen LogP contribution in [0.25, 0.3) is 22.3 Å². The van der Waals surface area contributed by atoms with Gasteiger partial charge in [0.1, 0.15) is 83.5 Å². The van der Waals surface area contributed by atoms with Crippen molar-refractivity contribution in [3.8, 4) is 40.1 Å². The molecule has 3 aromatic rings. The van der Waals surface area contributed by atoms with Gasteiger partial charge in [-0.3, -0.25) is 4.79 Å². The fourth-order valence-electron chi connectivity index (χ4n) is 6.28. The standard InChI is InChI=1S/C33H40O21/c1-9-19(39)23(43)26(46)31(48-9)54-30-25(45)21(41)17(8-35)52-33(30)53-29-22(42)18-14(38)5-11(49-32-27(47)24(44)20(40)16(7-34)51-32)6-15(18)50-28(29)10-2-3-12(36)13(37)4-10/h2-6,9,16-17,19-21,23-27,30-41,43-47H,7-8H2,1H3/t9-,16-,17+,19-,20+,21-,23+,24-,25+,26-,27-,30+,31-,32+,33-/m0/s1. The van der Waals surface area contributed by atoms with Gasteiger partial charge in [0.05, 0.1) is 19.3 Å². The first-order valence-corrected chi connectivity index (χ1v) is 16.5. The second kappa shape index (κ2) is 15.7.